The minimum atomic E-state index is 0.123. The monoisotopic (exact) mass is 347 g/mol. The molecule has 0 bridgehead atoms. The van der Waals surface area contributed by atoms with Crippen molar-refractivity contribution in [2.75, 3.05) is 4.90 Å². The molecule has 1 fully saturated rings. The zero-order chi connectivity index (χ0) is 11.7. The fourth-order valence-corrected chi connectivity index (χ4v) is 5.65. The van der Waals surface area contributed by atoms with E-state index in [1.54, 1.807) is 0 Å². The van der Waals surface area contributed by atoms with Crippen LogP contribution in [0.3, 0.4) is 0 Å². The summed E-state index contributed by atoms with van der Waals surface area (Å²) >= 11 is 3.42. The van der Waals surface area contributed by atoms with Crippen molar-refractivity contribution in [2.24, 2.45) is 5.92 Å². The first-order valence-electron chi connectivity index (χ1n) is 5.21. The molecule has 0 aliphatic carbocycles. The molecule has 16 heavy (non-hydrogen) atoms. The predicted octanol–water partition coefficient (Wildman–Crippen LogP) is 1.44. The Morgan fingerprint density at radius 3 is 2.50 bits per heavy atom. The van der Waals surface area contributed by atoms with Crippen molar-refractivity contribution >= 4 is 45.6 Å². The molecule has 0 N–H and O–H groups in total. The van der Waals surface area contributed by atoms with E-state index in [4.69, 9.17) is 0 Å². The quantitative estimate of drug-likeness (QED) is 0.706. The molecule has 0 aromatic heterocycles. The Hall–Kier alpha value is -0.401. The summed E-state index contributed by atoms with van der Waals surface area (Å²) in [5.74, 6) is 0.331. The van der Waals surface area contributed by atoms with Gasteiger partial charge < -0.3 is 0 Å². The number of carbonyl (C=O) groups is 1. The van der Waals surface area contributed by atoms with Crippen molar-refractivity contribution in [1.82, 2.24) is 0 Å². The zero-order valence-corrected chi connectivity index (χ0v) is 12.6. The molecule has 2 nitrogen and oxygen atoms in total. The minimum absolute atomic E-state index is 0.123. The van der Waals surface area contributed by atoms with Crippen LogP contribution in [0.1, 0.15) is 13.8 Å². The van der Waals surface area contributed by atoms with Crippen molar-refractivity contribution in [1.29, 1.82) is 0 Å². The fraction of sp³-hybridized carbons (Fsp3) is 0.333. The van der Waals surface area contributed by atoms with Gasteiger partial charge in [-0.25, -0.2) is 0 Å². The van der Waals surface area contributed by atoms with E-state index < -0.39 is 0 Å². The number of hydrogen-bond donors (Lipinski definition) is 0. The van der Waals surface area contributed by atoms with E-state index >= 15 is 0 Å². The number of nitrogens with zero attached hydrogens (tertiary/aromatic N) is 1. The average Bonchev–Trinajstić information content (AvgIpc) is 2.28. The summed E-state index contributed by atoms with van der Waals surface area (Å²) < 4.78 is 1.09. The van der Waals surface area contributed by atoms with Gasteiger partial charge in [0.15, 0.2) is 0 Å². The molecule has 0 radical (unpaired) electrons. The van der Waals surface area contributed by atoms with Crippen LogP contribution in [0.2, 0.25) is 4.82 Å². The first kappa shape index (κ1) is 12.1. The van der Waals surface area contributed by atoms with Gasteiger partial charge in [-0.15, -0.1) is 0 Å². The van der Waals surface area contributed by atoms with E-state index in [0.29, 0.717) is 19.8 Å². The Morgan fingerprint density at radius 2 is 1.88 bits per heavy atom. The first-order valence-corrected chi connectivity index (χ1v) is 7.91. The Morgan fingerprint density at radius 1 is 1.25 bits per heavy atom. The molecule has 1 aliphatic heterocycles. The average molecular weight is 345 g/mol. The zero-order valence-electron chi connectivity index (χ0n) is 9.21. The normalized spacial score (nSPS) is 26.0. The van der Waals surface area contributed by atoms with Gasteiger partial charge >= 0.3 is 110 Å². The van der Waals surface area contributed by atoms with Crippen LogP contribution in [0.15, 0.2) is 30.3 Å². The van der Waals surface area contributed by atoms with Crippen molar-refractivity contribution in [3.63, 3.8) is 0 Å². The molecule has 2 unspecified atom stereocenters. The van der Waals surface area contributed by atoms with Crippen LogP contribution in [-0.2, 0) is 4.79 Å². The third kappa shape index (κ3) is 2.16. The summed E-state index contributed by atoms with van der Waals surface area (Å²) in [6.45, 7) is 4.18. The molecule has 1 heterocycles. The van der Waals surface area contributed by atoms with Crippen molar-refractivity contribution in [3.05, 3.63) is 30.3 Å². The molecule has 84 valence electrons. The van der Waals surface area contributed by atoms with Gasteiger partial charge in [0.2, 0.25) is 0 Å². The molecule has 4 heteroatoms. The molecule has 2 atom stereocenters. The maximum absolute atomic E-state index is 12.2. The third-order valence-corrected chi connectivity index (χ3v) is 6.67. The van der Waals surface area contributed by atoms with Gasteiger partial charge in [0, 0.05) is 0 Å². The predicted molar refractivity (Wildman–Crippen MR) is 69.0 cm³/mol. The standard InChI is InChI=1S/C12H13NOSe2/c1-8-9(2)16-12(15)13(11(8)14)10-6-4-3-5-7-10/h3-9H,1-2H3. The summed E-state index contributed by atoms with van der Waals surface area (Å²) in [4.78, 5) is 14.6. The van der Waals surface area contributed by atoms with E-state index in [2.05, 4.69) is 22.5 Å². The summed E-state index contributed by atoms with van der Waals surface area (Å²) in [7, 11) is 0. The van der Waals surface area contributed by atoms with Crippen LogP contribution in [0.25, 0.3) is 0 Å². The maximum atomic E-state index is 12.2. The molecule has 0 saturated carbocycles. The van der Waals surface area contributed by atoms with E-state index in [0.717, 1.165) is 9.13 Å². The number of amides is 1. The van der Waals surface area contributed by atoms with Crippen LogP contribution in [0, 0.1) is 5.92 Å². The number of rotatable bonds is 1. The second kappa shape index (κ2) is 4.85. The molecular weight excluding hydrogens is 332 g/mol. The Kier molecular flexibility index (Phi) is 3.66. The molecule has 1 amide bonds. The van der Waals surface area contributed by atoms with E-state index in [1.807, 2.05) is 42.2 Å². The van der Waals surface area contributed by atoms with Crippen LogP contribution < -0.4 is 4.90 Å². The summed E-state index contributed by atoms with van der Waals surface area (Å²) in [6.07, 6.45) is 0. The van der Waals surface area contributed by atoms with E-state index in [9.17, 15) is 4.79 Å². The van der Waals surface area contributed by atoms with Crippen molar-refractivity contribution in [3.8, 4) is 0 Å². The van der Waals surface area contributed by atoms with Gasteiger partial charge in [-0.3, -0.25) is 0 Å². The van der Waals surface area contributed by atoms with E-state index in [-0.39, 0.29) is 11.8 Å². The van der Waals surface area contributed by atoms with Crippen LogP contribution in [0.5, 0.6) is 0 Å². The van der Waals surface area contributed by atoms with Gasteiger partial charge in [-0.1, -0.05) is 0 Å². The Bertz CT molecular complexity index is 418. The molecule has 1 saturated heterocycles. The number of benzene rings is 1. The van der Waals surface area contributed by atoms with Crippen molar-refractivity contribution < 1.29 is 4.79 Å². The van der Waals surface area contributed by atoms with Gasteiger partial charge in [-0.2, -0.15) is 0 Å². The van der Waals surface area contributed by atoms with Gasteiger partial charge in [0.05, 0.1) is 0 Å². The second-order valence-corrected chi connectivity index (χ2v) is 8.87. The fourth-order valence-electron chi connectivity index (χ4n) is 1.62. The third-order valence-electron chi connectivity index (χ3n) is 2.80. The molecule has 1 aromatic carbocycles. The van der Waals surface area contributed by atoms with Crippen LogP contribution in [-0.4, -0.2) is 39.9 Å². The summed E-state index contributed by atoms with van der Waals surface area (Å²) in [6, 6.07) is 9.85. The van der Waals surface area contributed by atoms with Gasteiger partial charge in [-0.05, 0) is 0 Å². The molecule has 0 spiro atoms. The Labute approximate surface area is 110 Å². The summed E-state index contributed by atoms with van der Waals surface area (Å²) in [5.41, 5.74) is 0.974. The van der Waals surface area contributed by atoms with Crippen molar-refractivity contribution in [2.45, 2.75) is 18.7 Å². The number of para-hydroxylation sites is 1. The Balaban J connectivity index is 2.34. The molecular formula is C12H13NOSe2. The van der Waals surface area contributed by atoms with E-state index in [1.165, 1.54) is 0 Å². The summed E-state index contributed by atoms with van der Waals surface area (Å²) in [5, 5.41) is 0. The van der Waals surface area contributed by atoms with Gasteiger partial charge in [0.1, 0.15) is 0 Å². The van der Waals surface area contributed by atoms with Crippen LogP contribution in [0.4, 0.5) is 5.69 Å². The topological polar surface area (TPSA) is 20.3 Å². The SMILES string of the molecule is CC1[Se]C(=[Se])N(c2ccccc2)C(=O)C1C. The molecule has 1 aromatic rings. The second-order valence-electron chi connectivity index (χ2n) is 3.89. The van der Waals surface area contributed by atoms with Crippen LogP contribution >= 0.6 is 0 Å². The number of carbonyl (C=O) groups excluding carboxylic acids is 1. The number of hydrogen-bond acceptors (Lipinski definition) is 1. The van der Waals surface area contributed by atoms with Gasteiger partial charge in [0.25, 0.3) is 0 Å². The molecule has 2 rings (SSSR count). The first-order chi connectivity index (χ1) is 7.61. The number of anilines is 1. The molecule has 1 aliphatic rings.